The number of allylic oxidation sites excluding steroid dienone is 2. The molecule has 1 aliphatic carbocycles. The van der Waals surface area contributed by atoms with Crippen molar-refractivity contribution in [2.75, 3.05) is 0 Å². The van der Waals surface area contributed by atoms with Gasteiger partial charge in [0.15, 0.2) is 0 Å². The fourth-order valence-corrected chi connectivity index (χ4v) is 7.04. The molecule has 0 N–H and O–H groups in total. The van der Waals surface area contributed by atoms with E-state index in [0.717, 1.165) is 12.8 Å². The van der Waals surface area contributed by atoms with E-state index in [1.165, 1.54) is 0 Å². The van der Waals surface area contributed by atoms with E-state index in [9.17, 15) is 0 Å². The lowest BCUT2D eigenvalue weighted by Gasteiger charge is -2.40. The highest BCUT2D eigenvalue weighted by atomic mass is 79.9. The van der Waals surface area contributed by atoms with E-state index in [1.54, 1.807) is 0 Å². The SMILES string of the molecule is C#CC=CC1C2C3CC4OC(Br)(C2C4O3)C1(Br)CC. The third-order valence-electron chi connectivity index (χ3n) is 5.54. The second-order valence-electron chi connectivity index (χ2n) is 6.05. The van der Waals surface area contributed by atoms with Gasteiger partial charge < -0.3 is 9.47 Å². The number of hydrogen-bond acceptors (Lipinski definition) is 2. The number of ether oxygens (including phenoxy) is 2. The van der Waals surface area contributed by atoms with Crippen LogP contribution in [-0.4, -0.2) is 27.1 Å². The molecule has 0 amide bonds. The standard InChI is InChI=1S/C15H16Br2O2/c1-3-5-6-8-11-9-7-10-13(18-9)12(11)15(17,19-10)14(8,16)4-2/h1,5-6,8-13H,4,7H2,2H3. The van der Waals surface area contributed by atoms with Crippen LogP contribution in [0.2, 0.25) is 0 Å². The van der Waals surface area contributed by atoms with Gasteiger partial charge in [-0.2, -0.15) is 0 Å². The van der Waals surface area contributed by atoms with Crippen LogP contribution in [0.15, 0.2) is 12.2 Å². The van der Waals surface area contributed by atoms with E-state index in [-0.39, 0.29) is 21.0 Å². The first-order valence-corrected chi connectivity index (χ1v) is 8.49. The number of rotatable bonds is 2. The molecule has 2 nitrogen and oxygen atoms in total. The third kappa shape index (κ3) is 1.27. The summed E-state index contributed by atoms with van der Waals surface area (Å²) in [5.74, 6) is 3.92. The number of alkyl halides is 2. The van der Waals surface area contributed by atoms with Crippen molar-refractivity contribution in [2.45, 2.75) is 46.9 Å². The topological polar surface area (TPSA) is 18.5 Å². The molecule has 4 aliphatic rings. The number of hydrogen-bond donors (Lipinski definition) is 0. The van der Waals surface area contributed by atoms with Gasteiger partial charge in [-0.05, 0) is 12.5 Å². The smallest absolute Gasteiger partial charge is 0.144 e. The second-order valence-corrected chi connectivity index (χ2v) is 8.64. The molecule has 4 heteroatoms. The molecule has 0 spiro atoms. The lowest BCUT2D eigenvalue weighted by atomic mass is 9.77. The van der Waals surface area contributed by atoms with Gasteiger partial charge in [-0.3, -0.25) is 0 Å². The molecule has 4 rings (SSSR count). The highest BCUT2D eigenvalue weighted by Gasteiger charge is 2.80. The van der Waals surface area contributed by atoms with Gasteiger partial charge in [0.1, 0.15) is 4.51 Å². The fourth-order valence-electron chi connectivity index (χ4n) is 4.87. The third-order valence-corrected chi connectivity index (χ3v) is 9.17. The minimum Gasteiger partial charge on any atom is -0.371 e. The Morgan fingerprint density at radius 3 is 2.89 bits per heavy atom. The lowest BCUT2D eigenvalue weighted by Crippen LogP contribution is -2.47. The lowest BCUT2D eigenvalue weighted by molar-refractivity contribution is 0.000337. The number of fused-ring (bicyclic) bond motifs is 2. The zero-order valence-electron chi connectivity index (χ0n) is 10.7. The van der Waals surface area contributed by atoms with E-state index in [4.69, 9.17) is 15.9 Å². The molecule has 2 bridgehead atoms. The van der Waals surface area contributed by atoms with Crippen molar-refractivity contribution >= 4 is 31.9 Å². The van der Waals surface area contributed by atoms with Crippen LogP contribution >= 0.6 is 31.9 Å². The van der Waals surface area contributed by atoms with Crippen LogP contribution < -0.4 is 0 Å². The molecule has 8 atom stereocenters. The zero-order chi connectivity index (χ0) is 13.4. The molecule has 3 saturated heterocycles. The van der Waals surface area contributed by atoms with E-state index in [2.05, 4.69) is 50.8 Å². The van der Waals surface area contributed by atoms with Crippen molar-refractivity contribution in [3.05, 3.63) is 12.2 Å². The Hall–Kier alpha value is 0.180. The predicted octanol–water partition coefficient (Wildman–Crippen LogP) is 3.24. The maximum Gasteiger partial charge on any atom is 0.144 e. The molecule has 19 heavy (non-hydrogen) atoms. The van der Waals surface area contributed by atoms with Crippen molar-refractivity contribution in [3.8, 4) is 12.3 Å². The Bertz CT molecular complexity index is 497. The van der Waals surface area contributed by atoms with Crippen molar-refractivity contribution in [2.24, 2.45) is 17.8 Å². The largest absolute Gasteiger partial charge is 0.371 e. The summed E-state index contributed by atoms with van der Waals surface area (Å²) in [6.07, 6.45) is 12.3. The summed E-state index contributed by atoms with van der Waals surface area (Å²) < 4.78 is 12.1. The van der Waals surface area contributed by atoms with E-state index in [0.29, 0.717) is 23.9 Å². The summed E-state index contributed by atoms with van der Waals surface area (Å²) in [7, 11) is 0. The van der Waals surface area contributed by atoms with Crippen molar-refractivity contribution in [1.29, 1.82) is 0 Å². The maximum atomic E-state index is 6.39. The molecule has 102 valence electrons. The van der Waals surface area contributed by atoms with Crippen LogP contribution in [0.3, 0.4) is 0 Å². The number of terminal acetylenes is 1. The monoisotopic (exact) mass is 386 g/mol. The Balaban J connectivity index is 1.85. The van der Waals surface area contributed by atoms with Gasteiger partial charge in [0.25, 0.3) is 0 Å². The molecule has 0 aromatic carbocycles. The quantitative estimate of drug-likeness (QED) is 0.534. The van der Waals surface area contributed by atoms with Crippen LogP contribution in [-0.2, 0) is 9.47 Å². The molecule has 0 aromatic heterocycles. The Morgan fingerprint density at radius 1 is 1.42 bits per heavy atom. The van der Waals surface area contributed by atoms with Crippen molar-refractivity contribution in [3.63, 3.8) is 0 Å². The average Bonchev–Trinajstić information content (AvgIpc) is 3.03. The molecular formula is C15H16Br2O2. The van der Waals surface area contributed by atoms with E-state index < -0.39 is 0 Å². The summed E-state index contributed by atoms with van der Waals surface area (Å²) in [5, 5.41) is 0. The van der Waals surface area contributed by atoms with Gasteiger partial charge in [-0.1, -0.05) is 50.8 Å². The maximum absolute atomic E-state index is 6.39. The second kappa shape index (κ2) is 3.88. The van der Waals surface area contributed by atoms with Gasteiger partial charge in [-0.25, -0.2) is 0 Å². The van der Waals surface area contributed by atoms with Crippen LogP contribution in [0.1, 0.15) is 19.8 Å². The van der Waals surface area contributed by atoms with Crippen LogP contribution in [0.4, 0.5) is 0 Å². The molecule has 8 unspecified atom stereocenters. The van der Waals surface area contributed by atoms with Crippen LogP contribution in [0.5, 0.6) is 0 Å². The molecule has 0 radical (unpaired) electrons. The summed E-state index contributed by atoms with van der Waals surface area (Å²) in [4.78, 5) is 0. The minimum absolute atomic E-state index is 0.0991. The van der Waals surface area contributed by atoms with E-state index >= 15 is 0 Å². The average molecular weight is 388 g/mol. The molecule has 3 heterocycles. The molecular weight excluding hydrogens is 372 g/mol. The normalized spacial score (nSPS) is 61.2. The zero-order valence-corrected chi connectivity index (χ0v) is 13.9. The van der Waals surface area contributed by atoms with E-state index in [1.807, 2.05) is 6.08 Å². The fraction of sp³-hybridized carbons (Fsp3) is 0.733. The first-order chi connectivity index (χ1) is 9.06. The molecule has 4 fully saturated rings. The van der Waals surface area contributed by atoms with Gasteiger partial charge in [0.2, 0.25) is 0 Å². The number of halogens is 2. The van der Waals surface area contributed by atoms with Crippen molar-refractivity contribution in [1.82, 2.24) is 0 Å². The Morgan fingerprint density at radius 2 is 2.21 bits per heavy atom. The summed E-state index contributed by atoms with van der Waals surface area (Å²) >= 11 is 7.95. The Kier molecular flexibility index (Phi) is 2.63. The van der Waals surface area contributed by atoms with Gasteiger partial charge in [0.05, 0.1) is 22.6 Å². The first-order valence-electron chi connectivity index (χ1n) is 6.90. The summed E-state index contributed by atoms with van der Waals surface area (Å²) in [6, 6.07) is 0. The summed E-state index contributed by atoms with van der Waals surface area (Å²) in [5.41, 5.74) is 0. The van der Waals surface area contributed by atoms with Crippen molar-refractivity contribution < 1.29 is 9.47 Å². The summed E-state index contributed by atoms with van der Waals surface area (Å²) in [6.45, 7) is 2.21. The molecule has 3 aliphatic heterocycles. The first kappa shape index (κ1) is 12.9. The highest BCUT2D eigenvalue weighted by Crippen LogP contribution is 2.73. The Labute approximate surface area is 130 Å². The predicted molar refractivity (Wildman–Crippen MR) is 80.2 cm³/mol. The molecule has 1 saturated carbocycles. The highest BCUT2D eigenvalue weighted by molar-refractivity contribution is 9.13. The van der Waals surface area contributed by atoms with Gasteiger partial charge in [0, 0.05) is 24.2 Å². The minimum atomic E-state index is -0.316. The van der Waals surface area contributed by atoms with Gasteiger partial charge in [-0.15, -0.1) is 6.42 Å². The van der Waals surface area contributed by atoms with Crippen LogP contribution in [0.25, 0.3) is 0 Å². The molecule has 0 aromatic rings. The van der Waals surface area contributed by atoms with Gasteiger partial charge >= 0.3 is 0 Å². The van der Waals surface area contributed by atoms with Crippen LogP contribution in [0, 0.1) is 30.1 Å².